The monoisotopic (exact) mass is 370 g/mol. The third-order valence-electron chi connectivity index (χ3n) is 2.68. The molecule has 2 rings (SSSR count). The number of nitrogens with two attached hydrogens (primary N) is 1. The Bertz CT molecular complexity index is 755. The van der Waals surface area contributed by atoms with Crippen LogP contribution in [0.2, 0.25) is 0 Å². The van der Waals surface area contributed by atoms with E-state index in [0.29, 0.717) is 11.2 Å². The van der Waals surface area contributed by atoms with E-state index in [9.17, 15) is 14.9 Å². The number of nitriles is 1. The number of anilines is 1. The van der Waals surface area contributed by atoms with Crippen molar-refractivity contribution in [3.63, 3.8) is 0 Å². The van der Waals surface area contributed by atoms with E-state index in [1.165, 1.54) is 12.1 Å². The second kappa shape index (κ2) is 6.95. The number of rotatable bonds is 6. The van der Waals surface area contributed by atoms with Crippen molar-refractivity contribution in [2.75, 3.05) is 18.5 Å². The van der Waals surface area contributed by atoms with Crippen molar-refractivity contribution in [3.8, 4) is 6.07 Å². The van der Waals surface area contributed by atoms with Gasteiger partial charge in [-0.15, -0.1) is 0 Å². The number of hydrogen-bond acceptors (Lipinski definition) is 9. The Labute approximate surface area is 130 Å². The Morgan fingerprint density at radius 2 is 2.27 bits per heavy atom. The van der Waals surface area contributed by atoms with E-state index in [2.05, 4.69) is 18.0 Å². The third kappa shape index (κ3) is 3.37. The SMILES string of the molecule is N#CCOC(=O)C(N)CNc1ccc([N+](=O)[O-])c2n[se]nc12. The summed E-state index contributed by atoms with van der Waals surface area (Å²) in [5.41, 5.74) is 6.65. The van der Waals surface area contributed by atoms with E-state index < -0.39 is 31.9 Å². The van der Waals surface area contributed by atoms with Gasteiger partial charge >= 0.3 is 130 Å². The first kappa shape index (κ1) is 15.8. The second-order valence-corrected chi connectivity index (χ2v) is 5.21. The van der Waals surface area contributed by atoms with Gasteiger partial charge < -0.3 is 0 Å². The first-order chi connectivity index (χ1) is 10.5. The number of nitro benzene ring substituents is 1. The van der Waals surface area contributed by atoms with Gasteiger partial charge in [0.25, 0.3) is 0 Å². The van der Waals surface area contributed by atoms with Crippen LogP contribution in [0.3, 0.4) is 0 Å². The van der Waals surface area contributed by atoms with E-state index in [-0.39, 0.29) is 24.4 Å². The fourth-order valence-electron chi connectivity index (χ4n) is 1.66. The molecule has 22 heavy (non-hydrogen) atoms. The van der Waals surface area contributed by atoms with Gasteiger partial charge in [0.05, 0.1) is 0 Å². The summed E-state index contributed by atoms with van der Waals surface area (Å²) < 4.78 is 12.8. The van der Waals surface area contributed by atoms with Crippen LogP contribution >= 0.6 is 0 Å². The predicted octanol–water partition coefficient (Wildman–Crippen LogP) is -0.599. The molecular weight excluding hydrogens is 359 g/mol. The zero-order valence-corrected chi connectivity index (χ0v) is 12.8. The number of esters is 1. The Balaban J connectivity index is 2.11. The Hall–Kier alpha value is -2.54. The van der Waals surface area contributed by atoms with E-state index in [4.69, 9.17) is 11.0 Å². The summed E-state index contributed by atoms with van der Waals surface area (Å²) in [6.45, 7) is -0.326. The molecule has 1 heterocycles. The van der Waals surface area contributed by atoms with Gasteiger partial charge in [-0.25, -0.2) is 0 Å². The molecule has 0 bridgehead atoms. The zero-order chi connectivity index (χ0) is 16.1. The molecule has 10 nitrogen and oxygen atoms in total. The van der Waals surface area contributed by atoms with Gasteiger partial charge in [0, 0.05) is 0 Å². The standard InChI is InChI=1S/C11H10N6O4Se/c12-3-4-21-11(18)6(13)5-14-7-1-2-8(17(19)20)10-9(7)15-22-16-10/h1-2,6,14H,4-5,13H2. The van der Waals surface area contributed by atoms with E-state index in [1.54, 1.807) is 6.07 Å². The number of hydrogen-bond donors (Lipinski definition) is 2. The number of aromatic nitrogens is 2. The van der Waals surface area contributed by atoms with Gasteiger partial charge in [0.15, 0.2) is 0 Å². The molecular formula is C11H10N6O4Se. The van der Waals surface area contributed by atoms with Crippen LogP contribution in [0.5, 0.6) is 0 Å². The normalized spacial score (nSPS) is 11.6. The van der Waals surface area contributed by atoms with Gasteiger partial charge in [-0.3, -0.25) is 0 Å². The van der Waals surface area contributed by atoms with Gasteiger partial charge in [0.1, 0.15) is 0 Å². The summed E-state index contributed by atoms with van der Waals surface area (Å²) in [4.78, 5) is 21.8. The van der Waals surface area contributed by atoms with Gasteiger partial charge in [-0.2, -0.15) is 0 Å². The number of fused-ring (bicyclic) bond motifs is 1. The Morgan fingerprint density at radius 3 is 2.95 bits per heavy atom. The first-order valence-corrected chi connectivity index (χ1v) is 7.50. The molecule has 0 spiro atoms. The summed E-state index contributed by atoms with van der Waals surface area (Å²) in [6.07, 6.45) is 0. The molecule has 11 heteroatoms. The van der Waals surface area contributed by atoms with Crippen LogP contribution in [-0.4, -0.2) is 53.0 Å². The molecule has 114 valence electrons. The maximum atomic E-state index is 11.4. The molecule has 1 atom stereocenters. The maximum absolute atomic E-state index is 11.4. The number of nitrogens with one attached hydrogen (secondary N) is 1. The number of carbonyl (C=O) groups excluding carboxylic acids is 1. The van der Waals surface area contributed by atoms with Crippen molar-refractivity contribution < 1.29 is 14.5 Å². The molecule has 0 saturated heterocycles. The summed E-state index contributed by atoms with van der Waals surface area (Å²) in [7, 11) is 0. The van der Waals surface area contributed by atoms with Crippen LogP contribution in [0.4, 0.5) is 11.4 Å². The van der Waals surface area contributed by atoms with Crippen LogP contribution in [0.25, 0.3) is 11.0 Å². The van der Waals surface area contributed by atoms with Crippen molar-refractivity contribution in [3.05, 3.63) is 22.2 Å². The summed E-state index contributed by atoms with van der Waals surface area (Å²) in [5.74, 6) is -0.710. The van der Waals surface area contributed by atoms with Crippen molar-refractivity contribution in [2.45, 2.75) is 6.04 Å². The quantitative estimate of drug-likeness (QED) is 0.294. The fraction of sp³-hybridized carbons (Fsp3) is 0.273. The van der Waals surface area contributed by atoms with Crippen LogP contribution in [-0.2, 0) is 9.53 Å². The summed E-state index contributed by atoms with van der Waals surface area (Å²) in [5, 5.41) is 22.1. The summed E-state index contributed by atoms with van der Waals surface area (Å²) in [6, 6.07) is 3.51. The molecule has 1 aromatic heterocycles. The molecule has 0 aliphatic carbocycles. The molecule has 3 N–H and O–H groups in total. The number of non-ortho nitro benzene ring substituents is 1. The number of nitrogens with zero attached hydrogens (tertiary/aromatic N) is 4. The predicted molar refractivity (Wildman–Crippen MR) is 76.2 cm³/mol. The van der Waals surface area contributed by atoms with Gasteiger partial charge in [-0.05, 0) is 0 Å². The van der Waals surface area contributed by atoms with E-state index in [1.807, 2.05) is 0 Å². The van der Waals surface area contributed by atoms with Crippen molar-refractivity contribution >= 4 is 43.3 Å². The summed E-state index contributed by atoms with van der Waals surface area (Å²) >= 11 is -0.432. The van der Waals surface area contributed by atoms with Crippen molar-refractivity contribution in [1.29, 1.82) is 5.26 Å². The van der Waals surface area contributed by atoms with Gasteiger partial charge in [0.2, 0.25) is 0 Å². The molecule has 0 amide bonds. The fourth-order valence-corrected chi connectivity index (χ4v) is 2.85. The Morgan fingerprint density at radius 1 is 1.55 bits per heavy atom. The van der Waals surface area contributed by atoms with E-state index >= 15 is 0 Å². The minimum absolute atomic E-state index is 0.0387. The molecule has 0 fully saturated rings. The van der Waals surface area contributed by atoms with Crippen LogP contribution < -0.4 is 11.1 Å². The molecule has 1 aromatic carbocycles. The topological polar surface area (TPSA) is 157 Å². The molecule has 0 aliphatic rings. The average Bonchev–Trinajstić information content (AvgIpc) is 2.99. The molecule has 0 saturated carbocycles. The average molecular weight is 369 g/mol. The van der Waals surface area contributed by atoms with E-state index in [0.717, 1.165) is 0 Å². The van der Waals surface area contributed by atoms with Crippen LogP contribution in [0.15, 0.2) is 12.1 Å². The molecule has 2 aromatic rings. The Kier molecular flexibility index (Phi) is 5.00. The van der Waals surface area contributed by atoms with Crippen molar-refractivity contribution in [2.24, 2.45) is 5.73 Å². The first-order valence-electron chi connectivity index (χ1n) is 5.97. The second-order valence-electron chi connectivity index (χ2n) is 4.10. The van der Waals surface area contributed by atoms with Crippen LogP contribution in [0.1, 0.15) is 0 Å². The molecule has 0 radical (unpaired) electrons. The number of benzene rings is 1. The molecule has 0 aliphatic heterocycles. The third-order valence-corrected chi connectivity index (χ3v) is 3.79. The van der Waals surface area contributed by atoms with Crippen molar-refractivity contribution in [1.82, 2.24) is 7.96 Å². The van der Waals surface area contributed by atoms with Gasteiger partial charge in [-0.1, -0.05) is 0 Å². The number of nitro groups is 1. The number of ether oxygens (including phenoxy) is 1. The zero-order valence-electron chi connectivity index (χ0n) is 11.1. The number of carbonyl (C=O) groups is 1. The molecule has 1 unspecified atom stereocenters. The van der Waals surface area contributed by atoms with Crippen LogP contribution in [0, 0.1) is 21.4 Å². The minimum atomic E-state index is -0.969.